The van der Waals surface area contributed by atoms with Gasteiger partial charge >= 0.3 is 5.51 Å². The summed E-state index contributed by atoms with van der Waals surface area (Å²) in [6.07, 6.45) is 3.52. The van der Waals surface area contributed by atoms with Crippen molar-refractivity contribution in [2.24, 2.45) is 0 Å². The Kier molecular flexibility index (Phi) is 6.30. The monoisotopic (exact) mass is 490 g/mol. The van der Waals surface area contributed by atoms with Crippen LogP contribution < -0.4 is 10.2 Å². The van der Waals surface area contributed by atoms with E-state index in [1.54, 1.807) is 12.4 Å². The Balaban J connectivity index is 1.52. The highest BCUT2D eigenvalue weighted by atomic mass is 32.2. The number of sulfone groups is 1. The molecule has 0 atom stereocenters. The van der Waals surface area contributed by atoms with Crippen molar-refractivity contribution in [1.82, 2.24) is 9.88 Å². The minimum absolute atomic E-state index is 0.232. The van der Waals surface area contributed by atoms with E-state index in [9.17, 15) is 21.6 Å². The van der Waals surface area contributed by atoms with Crippen LogP contribution >= 0.6 is 0 Å². The molecule has 10 heteroatoms. The van der Waals surface area contributed by atoms with Gasteiger partial charge in [-0.05, 0) is 61.9 Å². The zero-order valence-electron chi connectivity index (χ0n) is 18.7. The number of aromatic nitrogens is 1. The number of alkyl halides is 3. The molecule has 3 aromatic rings. The van der Waals surface area contributed by atoms with Crippen LogP contribution in [0.5, 0.6) is 0 Å². The molecule has 4 rings (SSSR count). The molecule has 180 valence electrons. The highest BCUT2D eigenvalue weighted by Gasteiger charge is 2.47. The Labute approximate surface area is 197 Å². The number of pyridine rings is 1. The molecule has 2 heterocycles. The Morgan fingerprint density at radius 2 is 1.71 bits per heavy atom. The van der Waals surface area contributed by atoms with Crippen molar-refractivity contribution in [3.63, 3.8) is 0 Å². The fourth-order valence-electron chi connectivity index (χ4n) is 3.98. The average molecular weight is 491 g/mol. The van der Waals surface area contributed by atoms with Gasteiger partial charge in [0.15, 0.2) is 0 Å². The Bertz CT molecular complexity index is 1250. The van der Waals surface area contributed by atoms with Gasteiger partial charge in [0.1, 0.15) is 0 Å². The SMILES string of the molecule is CC1(C)CN(c2ccc(S(=O)(=O)C(F)(F)F)cc2)CN1Cc1ccncc1Nc1ccccc1. The lowest BCUT2D eigenvalue weighted by molar-refractivity contribution is -0.0436. The van der Waals surface area contributed by atoms with Gasteiger partial charge in [-0.2, -0.15) is 13.2 Å². The van der Waals surface area contributed by atoms with Crippen LogP contribution in [0.25, 0.3) is 0 Å². The van der Waals surface area contributed by atoms with Gasteiger partial charge in [0.2, 0.25) is 0 Å². The van der Waals surface area contributed by atoms with Crippen LogP contribution in [0.15, 0.2) is 78.0 Å². The van der Waals surface area contributed by atoms with E-state index in [4.69, 9.17) is 0 Å². The summed E-state index contributed by atoms with van der Waals surface area (Å²) in [6.45, 7) is 5.99. The van der Waals surface area contributed by atoms with Gasteiger partial charge in [-0.3, -0.25) is 9.88 Å². The molecule has 0 spiro atoms. The zero-order chi connectivity index (χ0) is 24.6. The lowest BCUT2D eigenvalue weighted by Gasteiger charge is -2.30. The van der Waals surface area contributed by atoms with Crippen molar-refractivity contribution in [2.45, 2.75) is 36.3 Å². The van der Waals surface area contributed by atoms with E-state index in [2.05, 4.69) is 29.0 Å². The van der Waals surface area contributed by atoms with Crippen LogP contribution in [0.1, 0.15) is 19.4 Å². The molecule has 0 unspecified atom stereocenters. The Hall–Kier alpha value is -3.11. The summed E-state index contributed by atoms with van der Waals surface area (Å²) >= 11 is 0. The molecule has 2 aromatic carbocycles. The third kappa shape index (κ3) is 4.88. The van der Waals surface area contributed by atoms with Gasteiger partial charge in [-0.25, -0.2) is 8.42 Å². The van der Waals surface area contributed by atoms with Gasteiger partial charge in [-0.15, -0.1) is 0 Å². The lowest BCUT2D eigenvalue weighted by atomic mass is 10.0. The third-order valence-electron chi connectivity index (χ3n) is 5.92. The minimum Gasteiger partial charge on any atom is -0.357 e. The first-order chi connectivity index (χ1) is 16.0. The summed E-state index contributed by atoms with van der Waals surface area (Å²) in [6, 6.07) is 16.6. The molecule has 1 fully saturated rings. The Morgan fingerprint density at radius 1 is 1.03 bits per heavy atom. The molecule has 1 aliphatic rings. The topological polar surface area (TPSA) is 65.5 Å². The van der Waals surface area contributed by atoms with Gasteiger partial charge in [0.25, 0.3) is 9.84 Å². The summed E-state index contributed by atoms with van der Waals surface area (Å²) in [5.41, 5.74) is -1.99. The van der Waals surface area contributed by atoms with E-state index < -0.39 is 20.2 Å². The van der Waals surface area contributed by atoms with Gasteiger partial charge in [0.05, 0.1) is 23.4 Å². The molecule has 0 bridgehead atoms. The van der Waals surface area contributed by atoms with Crippen LogP contribution in [0.4, 0.5) is 30.2 Å². The second-order valence-electron chi connectivity index (χ2n) is 8.82. The van der Waals surface area contributed by atoms with E-state index in [0.29, 0.717) is 25.4 Å². The summed E-state index contributed by atoms with van der Waals surface area (Å²) in [7, 11) is -5.36. The highest BCUT2D eigenvalue weighted by Crippen LogP contribution is 2.34. The fraction of sp³-hybridized carbons (Fsp3) is 0.292. The van der Waals surface area contributed by atoms with Crippen LogP contribution in [0.3, 0.4) is 0 Å². The van der Waals surface area contributed by atoms with E-state index >= 15 is 0 Å². The Morgan fingerprint density at radius 3 is 2.35 bits per heavy atom. The maximum Gasteiger partial charge on any atom is 0.501 e. The van der Waals surface area contributed by atoms with Crippen molar-refractivity contribution in [2.75, 3.05) is 23.4 Å². The van der Waals surface area contributed by atoms with E-state index in [1.165, 1.54) is 12.1 Å². The number of anilines is 3. The molecule has 0 saturated carbocycles. The number of benzene rings is 2. The van der Waals surface area contributed by atoms with Crippen molar-refractivity contribution in [3.05, 3.63) is 78.6 Å². The smallest absolute Gasteiger partial charge is 0.357 e. The summed E-state index contributed by atoms with van der Waals surface area (Å²) < 4.78 is 61.8. The first-order valence-electron chi connectivity index (χ1n) is 10.6. The number of hydrogen-bond acceptors (Lipinski definition) is 6. The third-order valence-corrected chi connectivity index (χ3v) is 7.42. The minimum atomic E-state index is -5.36. The van der Waals surface area contributed by atoms with Gasteiger partial charge in [0, 0.05) is 36.2 Å². The highest BCUT2D eigenvalue weighted by molar-refractivity contribution is 7.92. The second kappa shape index (κ2) is 8.92. The van der Waals surface area contributed by atoms with Crippen molar-refractivity contribution < 1.29 is 21.6 Å². The quantitative estimate of drug-likeness (QED) is 0.514. The van der Waals surface area contributed by atoms with Gasteiger partial charge in [-0.1, -0.05) is 18.2 Å². The maximum absolute atomic E-state index is 12.8. The predicted octanol–water partition coefficient (Wildman–Crippen LogP) is 5.18. The molecule has 1 aliphatic heterocycles. The molecule has 0 amide bonds. The van der Waals surface area contributed by atoms with Crippen molar-refractivity contribution >= 4 is 26.9 Å². The average Bonchev–Trinajstić information content (AvgIpc) is 3.09. The number of rotatable bonds is 6. The standard InChI is InChI=1S/C24H25F3N4O2S/c1-23(2)16-30(20-8-10-21(11-9-20)34(32,33)24(25,26)27)17-31(23)15-18-12-13-28-14-22(18)29-19-6-4-3-5-7-19/h3-14,29H,15-17H2,1-2H3. The van der Waals surface area contributed by atoms with Crippen LogP contribution in [-0.4, -0.2) is 42.6 Å². The van der Waals surface area contributed by atoms with Crippen LogP contribution in [0.2, 0.25) is 0 Å². The second-order valence-corrected chi connectivity index (χ2v) is 10.8. The summed E-state index contributed by atoms with van der Waals surface area (Å²) in [5, 5.41) is 3.40. The zero-order valence-corrected chi connectivity index (χ0v) is 19.6. The van der Waals surface area contributed by atoms with Crippen molar-refractivity contribution in [3.8, 4) is 0 Å². The van der Waals surface area contributed by atoms with Crippen LogP contribution in [-0.2, 0) is 16.4 Å². The number of nitrogens with one attached hydrogen (secondary N) is 1. The summed E-state index contributed by atoms with van der Waals surface area (Å²) in [4.78, 5) is 7.77. The lowest BCUT2D eigenvalue weighted by Crippen LogP contribution is -2.39. The largest absolute Gasteiger partial charge is 0.501 e. The molecule has 6 nitrogen and oxygen atoms in total. The number of hydrogen-bond donors (Lipinski definition) is 1. The molecule has 34 heavy (non-hydrogen) atoms. The molecule has 1 aromatic heterocycles. The maximum atomic E-state index is 12.8. The fourth-order valence-corrected chi connectivity index (χ4v) is 4.74. The molecule has 1 saturated heterocycles. The molecule has 1 N–H and O–H groups in total. The summed E-state index contributed by atoms with van der Waals surface area (Å²) in [5.74, 6) is 0. The first kappa shape index (κ1) is 24.0. The molecule has 0 aliphatic carbocycles. The predicted molar refractivity (Wildman–Crippen MR) is 125 cm³/mol. The molecular weight excluding hydrogens is 465 g/mol. The first-order valence-corrected chi connectivity index (χ1v) is 12.1. The normalized spacial score (nSPS) is 16.6. The van der Waals surface area contributed by atoms with Crippen LogP contribution in [0, 0.1) is 0 Å². The van der Waals surface area contributed by atoms with Crippen molar-refractivity contribution in [1.29, 1.82) is 0 Å². The molecule has 0 radical (unpaired) electrons. The number of halogens is 3. The van der Waals surface area contributed by atoms with Gasteiger partial charge < -0.3 is 10.2 Å². The number of nitrogens with zero attached hydrogens (tertiary/aromatic N) is 3. The molecular formula is C24H25F3N4O2S. The van der Waals surface area contributed by atoms with E-state index in [-0.39, 0.29) is 5.54 Å². The van der Waals surface area contributed by atoms with E-state index in [0.717, 1.165) is 29.1 Å². The number of para-hydroxylation sites is 1. The van der Waals surface area contributed by atoms with E-state index in [1.807, 2.05) is 41.3 Å².